The van der Waals surface area contributed by atoms with Crippen LogP contribution >= 0.6 is 0 Å². The Balaban J connectivity index is 1.72. The number of hydrogen-bond donors (Lipinski definition) is 0. The molecule has 1 amide bonds. The molecule has 1 aliphatic rings. The fraction of sp³-hybridized carbons (Fsp3) is 0.235. The summed E-state index contributed by atoms with van der Waals surface area (Å²) in [4.78, 5) is 19.8. The minimum absolute atomic E-state index is 0.0272. The molecule has 2 aromatic rings. The van der Waals surface area contributed by atoms with Crippen LogP contribution in [0.4, 0.5) is 0 Å². The molecule has 1 aliphatic heterocycles. The lowest BCUT2D eigenvalue weighted by Gasteiger charge is -2.23. The Morgan fingerprint density at radius 3 is 2.60 bits per heavy atom. The van der Waals surface area contributed by atoms with Gasteiger partial charge < -0.3 is 9.80 Å². The maximum atomic E-state index is 12.4. The zero-order chi connectivity index (χ0) is 18.0. The van der Waals surface area contributed by atoms with Crippen molar-refractivity contribution in [3.8, 4) is 0 Å². The first-order valence-corrected chi connectivity index (χ1v) is 9.11. The Bertz CT molecular complexity index is 926. The number of amidine groups is 1. The smallest absolute Gasteiger partial charge is 0.285 e. The number of carbonyl (C=O) groups excluding carboxylic acids is 1. The molecular weight excluding hydrogens is 340 g/mol. The monoisotopic (exact) mass is 358 g/mol. The molecule has 0 radical (unpaired) electrons. The lowest BCUT2D eigenvalue weighted by molar-refractivity contribution is -0.130. The molecule has 0 N–H and O–H groups in total. The number of fused-ring (bicyclic) bond motifs is 1. The molecular formula is C17H18N4O3S. The number of benzene rings is 1. The number of sulfonamides is 1. The molecule has 0 unspecified atom stereocenters. The molecule has 0 fully saturated rings. The van der Waals surface area contributed by atoms with Crippen LogP contribution in [0.25, 0.3) is 0 Å². The number of carbonyl (C=O) groups is 1. The van der Waals surface area contributed by atoms with E-state index in [4.69, 9.17) is 0 Å². The second-order valence-electron chi connectivity index (χ2n) is 5.85. The molecule has 0 saturated heterocycles. The molecule has 1 aromatic carbocycles. The van der Waals surface area contributed by atoms with Gasteiger partial charge in [-0.3, -0.25) is 9.78 Å². The molecule has 0 spiro atoms. The van der Waals surface area contributed by atoms with Crippen LogP contribution in [0.1, 0.15) is 11.1 Å². The summed E-state index contributed by atoms with van der Waals surface area (Å²) in [6, 6.07) is 10.3. The van der Waals surface area contributed by atoms with Gasteiger partial charge in [0.2, 0.25) is 5.91 Å². The van der Waals surface area contributed by atoms with E-state index < -0.39 is 10.0 Å². The Morgan fingerprint density at radius 2 is 1.88 bits per heavy atom. The quantitative estimate of drug-likeness (QED) is 0.818. The molecule has 0 atom stereocenters. The fourth-order valence-corrected chi connectivity index (χ4v) is 3.87. The van der Waals surface area contributed by atoms with E-state index in [-0.39, 0.29) is 17.3 Å². The third-order valence-electron chi connectivity index (χ3n) is 3.91. The topological polar surface area (TPSA) is 82.9 Å². The third kappa shape index (κ3) is 3.53. The normalized spacial score (nSPS) is 14.6. The molecule has 0 aliphatic carbocycles. The zero-order valence-corrected chi connectivity index (χ0v) is 14.8. The standard InChI is InChI=1S/C17H18N4O3S/c1-20(11-13-6-5-9-18-10-13)16(22)12-21(2)17-14-7-3-4-8-15(14)25(23,24)19-17/h3-10H,11-12H2,1-2H3. The Kier molecular flexibility index (Phi) is 4.54. The first-order valence-electron chi connectivity index (χ1n) is 7.67. The first-order chi connectivity index (χ1) is 11.9. The van der Waals surface area contributed by atoms with Crippen LogP contribution in [0.3, 0.4) is 0 Å². The summed E-state index contributed by atoms with van der Waals surface area (Å²) >= 11 is 0. The highest BCUT2D eigenvalue weighted by atomic mass is 32.2. The van der Waals surface area contributed by atoms with E-state index in [0.29, 0.717) is 17.9 Å². The van der Waals surface area contributed by atoms with Crippen LogP contribution in [-0.4, -0.2) is 55.6 Å². The van der Waals surface area contributed by atoms with Crippen molar-refractivity contribution < 1.29 is 13.2 Å². The first kappa shape index (κ1) is 17.1. The van der Waals surface area contributed by atoms with Crippen molar-refractivity contribution in [1.82, 2.24) is 14.8 Å². The summed E-state index contributed by atoms with van der Waals surface area (Å²) < 4.78 is 28.0. The molecule has 130 valence electrons. The number of aromatic nitrogens is 1. The van der Waals surface area contributed by atoms with E-state index in [1.165, 1.54) is 6.07 Å². The van der Waals surface area contributed by atoms with E-state index >= 15 is 0 Å². The van der Waals surface area contributed by atoms with Crippen LogP contribution in [0.2, 0.25) is 0 Å². The van der Waals surface area contributed by atoms with Gasteiger partial charge in [0.15, 0.2) is 5.84 Å². The fourth-order valence-electron chi connectivity index (χ4n) is 2.62. The van der Waals surface area contributed by atoms with Crippen molar-refractivity contribution in [3.63, 3.8) is 0 Å². The summed E-state index contributed by atoms with van der Waals surface area (Å²) in [5.74, 6) is 0.148. The third-order valence-corrected chi connectivity index (χ3v) is 5.24. The number of rotatable bonds is 4. The van der Waals surface area contributed by atoms with Crippen molar-refractivity contribution in [2.75, 3.05) is 20.6 Å². The molecule has 0 saturated carbocycles. The highest BCUT2D eigenvalue weighted by molar-refractivity contribution is 7.90. The second kappa shape index (κ2) is 6.64. The van der Waals surface area contributed by atoms with Gasteiger partial charge in [0.1, 0.15) is 4.90 Å². The SMILES string of the molecule is CN(Cc1cccnc1)C(=O)CN(C)C1=NS(=O)(=O)c2ccccc21. The Labute approximate surface area is 146 Å². The van der Waals surface area contributed by atoms with Crippen LogP contribution < -0.4 is 0 Å². The van der Waals surface area contributed by atoms with Gasteiger partial charge >= 0.3 is 0 Å². The van der Waals surface area contributed by atoms with Gasteiger partial charge in [0, 0.05) is 38.6 Å². The van der Waals surface area contributed by atoms with Crippen LogP contribution in [0.15, 0.2) is 58.1 Å². The van der Waals surface area contributed by atoms with E-state index in [2.05, 4.69) is 9.38 Å². The van der Waals surface area contributed by atoms with E-state index in [1.54, 1.807) is 54.5 Å². The predicted octanol–water partition coefficient (Wildman–Crippen LogP) is 1.12. The van der Waals surface area contributed by atoms with Gasteiger partial charge in [-0.25, -0.2) is 0 Å². The summed E-state index contributed by atoms with van der Waals surface area (Å²) in [5.41, 5.74) is 1.44. The number of likely N-dealkylation sites (N-methyl/N-ethyl adjacent to an activating group) is 2. The van der Waals surface area contributed by atoms with Crippen LogP contribution in [0, 0.1) is 0 Å². The highest BCUT2D eigenvalue weighted by Gasteiger charge is 2.31. The van der Waals surface area contributed by atoms with Crippen molar-refractivity contribution in [1.29, 1.82) is 0 Å². The summed E-state index contributed by atoms with van der Waals surface area (Å²) in [7, 11) is -0.334. The molecule has 8 heteroatoms. The average Bonchev–Trinajstić information content (AvgIpc) is 2.87. The van der Waals surface area contributed by atoms with Gasteiger partial charge in [0.25, 0.3) is 10.0 Å². The predicted molar refractivity (Wildman–Crippen MR) is 93.5 cm³/mol. The number of pyridine rings is 1. The van der Waals surface area contributed by atoms with Crippen molar-refractivity contribution in [3.05, 3.63) is 59.9 Å². The molecule has 7 nitrogen and oxygen atoms in total. The number of nitrogens with zero attached hydrogens (tertiary/aromatic N) is 4. The molecule has 2 heterocycles. The Hall–Kier alpha value is -2.74. The van der Waals surface area contributed by atoms with E-state index in [0.717, 1.165) is 5.56 Å². The van der Waals surface area contributed by atoms with Crippen LogP contribution in [0.5, 0.6) is 0 Å². The molecule has 3 rings (SSSR count). The summed E-state index contributed by atoms with van der Waals surface area (Å²) in [6.07, 6.45) is 3.38. The highest BCUT2D eigenvalue weighted by Crippen LogP contribution is 2.26. The van der Waals surface area contributed by atoms with Crippen molar-refractivity contribution in [2.45, 2.75) is 11.4 Å². The van der Waals surface area contributed by atoms with E-state index in [9.17, 15) is 13.2 Å². The van der Waals surface area contributed by atoms with E-state index in [1.807, 2.05) is 12.1 Å². The van der Waals surface area contributed by atoms with Gasteiger partial charge in [-0.1, -0.05) is 18.2 Å². The molecule has 25 heavy (non-hydrogen) atoms. The lowest BCUT2D eigenvalue weighted by atomic mass is 10.2. The lowest BCUT2D eigenvalue weighted by Crippen LogP contribution is -2.39. The second-order valence-corrected chi connectivity index (χ2v) is 7.43. The Morgan fingerprint density at radius 1 is 1.12 bits per heavy atom. The van der Waals surface area contributed by atoms with Gasteiger partial charge in [-0.05, 0) is 23.8 Å². The summed E-state index contributed by atoms with van der Waals surface area (Å²) in [6.45, 7) is 0.460. The number of amides is 1. The van der Waals surface area contributed by atoms with Crippen molar-refractivity contribution >= 4 is 21.8 Å². The average molecular weight is 358 g/mol. The largest absolute Gasteiger partial charge is 0.349 e. The maximum absolute atomic E-state index is 12.4. The van der Waals surface area contributed by atoms with Gasteiger partial charge in [-0.2, -0.15) is 8.42 Å². The minimum atomic E-state index is -3.69. The van der Waals surface area contributed by atoms with Crippen molar-refractivity contribution in [2.24, 2.45) is 4.40 Å². The van der Waals surface area contributed by atoms with Gasteiger partial charge in [0.05, 0.1) is 6.54 Å². The van der Waals surface area contributed by atoms with Crippen LogP contribution in [-0.2, 0) is 21.4 Å². The molecule has 1 aromatic heterocycles. The summed E-state index contributed by atoms with van der Waals surface area (Å²) in [5, 5.41) is 0. The zero-order valence-electron chi connectivity index (χ0n) is 14.0. The number of hydrogen-bond acceptors (Lipinski definition) is 5. The minimum Gasteiger partial charge on any atom is -0.349 e. The van der Waals surface area contributed by atoms with Gasteiger partial charge in [-0.15, -0.1) is 4.40 Å². The molecule has 0 bridgehead atoms. The maximum Gasteiger partial charge on any atom is 0.285 e.